The number of amides is 1. The number of nitrogens with one attached hydrogen (secondary N) is 2. The number of alkyl halides is 3. The zero-order valence-electron chi connectivity index (χ0n) is 23.2. The number of carbonyl (C=O) groups excluding carboxylic acids is 1. The summed E-state index contributed by atoms with van der Waals surface area (Å²) in [6.07, 6.45) is -2.96. The molecule has 4 aromatic rings. The topological polar surface area (TPSA) is 112 Å². The van der Waals surface area contributed by atoms with E-state index in [0.717, 1.165) is 28.3 Å². The summed E-state index contributed by atoms with van der Waals surface area (Å²) in [5.41, 5.74) is 0.937. The Hall–Kier alpha value is -4.26. The van der Waals surface area contributed by atoms with E-state index in [1.54, 1.807) is 36.4 Å². The van der Waals surface area contributed by atoms with Crippen LogP contribution < -0.4 is 14.9 Å². The number of para-hydroxylation sites is 1. The summed E-state index contributed by atoms with van der Waals surface area (Å²) in [5.74, 6) is -0.549. The summed E-state index contributed by atoms with van der Waals surface area (Å²) in [7, 11) is -3.81. The quantitative estimate of drug-likeness (QED) is 0.214. The first-order valence-corrected chi connectivity index (χ1v) is 15.2. The van der Waals surface area contributed by atoms with Gasteiger partial charge >= 0.3 is 6.18 Å². The van der Waals surface area contributed by atoms with Crippen LogP contribution in [0.15, 0.2) is 103 Å². The molecular weight excluding hydrogens is 581 g/mol. The van der Waals surface area contributed by atoms with Gasteiger partial charge in [-0.2, -0.15) is 13.2 Å². The molecule has 0 saturated heterocycles. The van der Waals surface area contributed by atoms with Crippen LogP contribution in [0.3, 0.4) is 0 Å². The average Bonchev–Trinajstić information content (AvgIpc) is 2.97. The fourth-order valence-electron chi connectivity index (χ4n) is 4.50. The molecule has 0 aliphatic heterocycles. The van der Waals surface area contributed by atoms with Crippen LogP contribution in [0, 0.1) is 0 Å². The monoisotopic (exact) mass is 612 g/mol. The number of pyridine rings is 1. The lowest BCUT2D eigenvalue weighted by molar-refractivity contribution is -0.137. The van der Waals surface area contributed by atoms with Crippen molar-refractivity contribution in [1.29, 1.82) is 0 Å². The van der Waals surface area contributed by atoms with E-state index in [2.05, 4.69) is 15.6 Å². The lowest BCUT2D eigenvalue weighted by Gasteiger charge is -2.25. The molecule has 2 atom stereocenters. The number of aliphatic hydroxyl groups excluding tert-OH is 1. The Morgan fingerprint density at radius 1 is 0.930 bits per heavy atom. The zero-order valence-corrected chi connectivity index (χ0v) is 24.0. The Morgan fingerprint density at radius 3 is 2.23 bits per heavy atom. The number of hydrogen-bond acceptors (Lipinski definition) is 6. The van der Waals surface area contributed by atoms with Gasteiger partial charge in [0.1, 0.15) is 5.82 Å². The Labute approximate surface area is 248 Å². The first-order chi connectivity index (χ1) is 20.4. The second-order valence-electron chi connectivity index (χ2n) is 9.93. The minimum absolute atomic E-state index is 0.0178. The Morgan fingerprint density at radius 2 is 1.58 bits per heavy atom. The minimum Gasteiger partial charge on any atom is -0.390 e. The van der Waals surface area contributed by atoms with E-state index in [9.17, 15) is 31.5 Å². The maximum atomic E-state index is 13.4. The van der Waals surface area contributed by atoms with Crippen LogP contribution in [0.4, 0.5) is 24.7 Å². The lowest BCUT2D eigenvalue weighted by atomic mass is 10.0. The molecule has 12 heteroatoms. The predicted octanol–water partition coefficient (Wildman–Crippen LogP) is 4.69. The first kappa shape index (κ1) is 31.7. The second-order valence-corrected chi connectivity index (χ2v) is 11.8. The molecule has 0 fully saturated rings. The van der Waals surface area contributed by atoms with Gasteiger partial charge in [-0.3, -0.25) is 4.79 Å². The number of rotatable bonds is 12. The van der Waals surface area contributed by atoms with Gasteiger partial charge < -0.3 is 15.7 Å². The summed E-state index contributed by atoms with van der Waals surface area (Å²) in [6, 6.07) is 24.4. The molecule has 1 heterocycles. The summed E-state index contributed by atoms with van der Waals surface area (Å²) in [4.78, 5) is 17.6. The molecule has 0 aliphatic carbocycles. The van der Waals surface area contributed by atoms with Gasteiger partial charge in [0, 0.05) is 24.8 Å². The Kier molecular flexibility index (Phi) is 10.2. The van der Waals surface area contributed by atoms with Crippen LogP contribution in [-0.2, 0) is 29.2 Å². The molecule has 0 radical (unpaired) electrons. The van der Waals surface area contributed by atoms with Crippen molar-refractivity contribution in [3.05, 3.63) is 126 Å². The van der Waals surface area contributed by atoms with Gasteiger partial charge in [-0.25, -0.2) is 17.7 Å². The highest BCUT2D eigenvalue weighted by Crippen LogP contribution is 2.30. The Balaban J connectivity index is 1.51. The SMILES string of the molecule is CS(=O)(=O)N(c1ccccc1)c1cc(C(=O)N[C@@H](Cc2ccccc2)[C@H](O)CNCc2cccc(C(F)(F)F)c2)ccn1. The van der Waals surface area contributed by atoms with Crippen molar-refractivity contribution in [3.8, 4) is 0 Å². The molecule has 0 aliphatic rings. The van der Waals surface area contributed by atoms with Crippen LogP contribution in [0.2, 0.25) is 0 Å². The molecule has 0 spiro atoms. The molecule has 226 valence electrons. The second kappa shape index (κ2) is 13.8. The normalized spacial score (nSPS) is 13.2. The van der Waals surface area contributed by atoms with Gasteiger partial charge in [-0.1, -0.05) is 66.7 Å². The molecule has 1 aromatic heterocycles. The van der Waals surface area contributed by atoms with Crippen LogP contribution in [0.25, 0.3) is 0 Å². The maximum absolute atomic E-state index is 13.4. The summed E-state index contributed by atoms with van der Waals surface area (Å²) < 4.78 is 65.5. The smallest absolute Gasteiger partial charge is 0.390 e. The predicted molar refractivity (Wildman–Crippen MR) is 158 cm³/mol. The Bertz CT molecular complexity index is 1620. The van der Waals surface area contributed by atoms with E-state index in [1.165, 1.54) is 24.4 Å². The summed E-state index contributed by atoms with van der Waals surface area (Å²) in [5, 5.41) is 16.9. The fraction of sp³-hybridized carbons (Fsp3) is 0.226. The summed E-state index contributed by atoms with van der Waals surface area (Å²) in [6.45, 7) is 0.0486. The number of anilines is 2. The van der Waals surface area contributed by atoms with E-state index < -0.39 is 39.8 Å². The van der Waals surface area contributed by atoms with Crippen molar-refractivity contribution in [2.45, 2.75) is 31.3 Å². The summed E-state index contributed by atoms with van der Waals surface area (Å²) >= 11 is 0. The van der Waals surface area contributed by atoms with E-state index in [-0.39, 0.29) is 30.9 Å². The van der Waals surface area contributed by atoms with E-state index in [1.807, 2.05) is 30.3 Å². The van der Waals surface area contributed by atoms with Gasteiger partial charge in [-0.05, 0) is 47.9 Å². The molecule has 1 amide bonds. The van der Waals surface area contributed by atoms with Gasteiger partial charge in [0.2, 0.25) is 10.0 Å². The van der Waals surface area contributed by atoms with E-state index in [0.29, 0.717) is 11.3 Å². The van der Waals surface area contributed by atoms with Gasteiger partial charge in [0.05, 0.1) is 29.7 Å². The molecular formula is C31H31F3N4O4S. The van der Waals surface area contributed by atoms with Crippen molar-refractivity contribution >= 4 is 27.4 Å². The van der Waals surface area contributed by atoms with Crippen LogP contribution >= 0.6 is 0 Å². The fourth-order valence-corrected chi connectivity index (χ4v) is 5.44. The number of carbonyl (C=O) groups is 1. The maximum Gasteiger partial charge on any atom is 0.416 e. The zero-order chi connectivity index (χ0) is 31.0. The molecule has 3 aromatic carbocycles. The third kappa shape index (κ3) is 8.87. The molecule has 0 saturated carbocycles. The van der Waals surface area contributed by atoms with Crippen molar-refractivity contribution in [2.75, 3.05) is 17.1 Å². The lowest BCUT2D eigenvalue weighted by Crippen LogP contribution is -2.48. The van der Waals surface area contributed by atoms with Gasteiger partial charge in [0.15, 0.2) is 0 Å². The molecule has 8 nitrogen and oxygen atoms in total. The number of sulfonamides is 1. The number of aromatic nitrogens is 1. The van der Waals surface area contributed by atoms with Crippen molar-refractivity contribution in [3.63, 3.8) is 0 Å². The van der Waals surface area contributed by atoms with E-state index >= 15 is 0 Å². The van der Waals surface area contributed by atoms with Crippen LogP contribution in [0.1, 0.15) is 27.0 Å². The van der Waals surface area contributed by atoms with Crippen LogP contribution in [0.5, 0.6) is 0 Å². The van der Waals surface area contributed by atoms with Gasteiger partial charge in [0.25, 0.3) is 5.91 Å². The number of aliphatic hydroxyl groups is 1. The molecule has 0 bridgehead atoms. The first-order valence-electron chi connectivity index (χ1n) is 13.3. The highest BCUT2D eigenvalue weighted by Gasteiger charge is 2.30. The van der Waals surface area contributed by atoms with Crippen molar-refractivity contribution in [1.82, 2.24) is 15.6 Å². The number of halogens is 3. The molecule has 4 rings (SSSR count). The molecule has 43 heavy (non-hydrogen) atoms. The highest BCUT2D eigenvalue weighted by atomic mass is 32.2. The number of hydrogen-bond donors (Lipinski definition) is 3. The third-order valence-electron chi connectivity index (χ3n) is 6.55. The van der Waals surface area contributed by atoms with E-state index in [4.69, 9.17) is 0 Å². The van der Waals surface area contributed by atoms with Crippen molar-refractivity contribution < 1.29 is 31.5 Å². The average molecular weight is 613 g/mol. The standard InChI is InChI=1S/C31H31F3N4O4S/c1-43(41,42)38(26-13-6-3-7-14-26)29-19-24(15-16-36-29)30(40)37-27(18-22-9-4-2-5-10-22)28(39)21-35-20-23-11-8-12-25(17-23)31(32,33)34/h2-17,19,27-28,35,39H,18,20-21H2,1H3,(H,37,40)/t27-,28+/m0/s1. The number of benzene rings is 3. The molecule has 0 unspecified atom stereocenters. The van der Waals surface area contributed by atoms with Crippen molar-refractivity contribution in [2.24, 2.45) is 0 Å². The van der Waals surface area contributed by atoms with Gasteiger partial charge in [-0.15, -0.1) is 0 Å². The largest absolute Gasteiger partial charge is 0.416 e. The van der Waals surface area contributed by atoms with Crippen LogP contribution in [-0.4, -0.2) is 49.4 Å². The highest BCUT2D eigenvalue weighted by molar-refractivity contribution is 7.92. The number of nitrogens with zero attached hydrogens (tertiary/aromatic N) is 2. The molecule has 3 N–H and O–H groups in total. The minimum atomic E-state index is -4.47. The third-order valence-corrected chi connectivity index (χ3v) is 7.62.